The Morgan fingerprint density at radius 2 is 2.15 bits per heavy atom. The Morgan fingerprint density at radius 3 is 2.80 bits per heavy atom. The minimum atomic E-state index is -0.351. The van der Waals surface area contributed by atoms with Crippen molar-refractivity contribution in [2.24, 2.45) is 0 Å². The zero-order valence-corrected chi connectivity index (χ0v) is 12.1. The molecular weight excluding hydrogens is 276 g/mol. The van der Waals surface area contributed by atoms with Gasteiger partial charge in [0.25, 0.3) is 5.91 Å². The molecule has 0 spiro atoms. The standard InChI is InChI=1S/C13H16N4O2S/c1-3-15-8(18)6-17-12(19)11-10(14)9-7(2)4-5-16-13(9)20-11/h4-5H,3,6,14H2,1-2H3,(H,15,18)(H,17,19). The van der Waals surface area contributed by atoms with Gasteiger partial charge in [-0.2, -0.15) is 0 Å². The summed E-state index contributed by atoms with van der Waals surface area (Å²) in [6.07, 6.45) is 1.68. The summed E-state index contributed by atoms with van der Waals surface area (Å²) in [5.41, 5.74) is 7.41. The van der Waals surface area contributed by atoms with Gasteiger partial charge in [-0.05, 0) is 25.5 Å². The minimum absolute atomic E-state index is 0.0627. The van der Waals surface area contributed by atoms with Crippen LogP contribution >= 0.6 is 11.3 Å². The molecule has 4 N–H and O–H groups in total. The van der Waals surface area contributed by atoms with Crippen molar-refractivity contribution in [2.45, 2.75) is 13.8 Å². The summed E-state index contributed by atoms with van der Waals surface area (Å²) in [7, 11) is 0. The highest BCUT2D eigenvalue weighted by Crippen LogP contribution is 2.33. The number of nitrogens with one attached hydrogen (secondary N) is 2. The van der Waals surface area contributed by atoms with Gasteiger partial charge in [-0.3, -0.25) is 9.59 Å². The first-order valence-corrected chi connectivity index (χ1v) is 7.04. The number of likely N-dealkylation sites (N-methyl/N-ethyl adjacent to an activating group) is 1. The molecule has 2 heterocycles. The fourth-order valence-electron chi connectivity index (χ4n) is 1.87. The number of aromatic nitrogens is 1. The van der Waals surface area contributed by atoms with Gasteiger partial charge in [-0.25, -0.2) is 4.98 Å². The summed E-state index contributed by atoms with van der Waals surface area (Å²) in [6.45, 7) is 4.21. The average Bonchev–Trinajstić information content (AvgIpc) is 2.75. The summed E-state index contributed by atoms with van der Waals surface area (Å²) in [4.78, 5) is 28.7. The van der Waals surface area contributed by atoms with Gasteiger partial charge in [-0.15, -0.1) is 11.3 Å². The van der Waals surface area contributed by atoms with E-state index in [0.29, 0.717) is 17.1 Å². The van der Waals surface area contributed by atoms with Gasteiger partial charge in [-0.1, -0.05) is 0 Å². The van der Waals surface area contributed by atoms with Gasteiger partial charge in [0, 0.05) is 18.1 Å². The fraction of sp³-hybridized carbons (Fsp3) is 0.308. The van der Waals surface area contributed by atoms with Crippen LogP contribution in [0, 0.1) is 6.92 Å². The van der Waals surface area contributed by atoms with E-state index < -0.39 is 0 Å². The topological polar surface area (TPSA) is 97.1 Å². The summed E-state index contributed by atoms with van der Waals surface area (Å²) in [5, 5.41) is 5.97. The number of amides is 2. The largest absolute Gasteiger partial charge is 0.397 e. The number of carbonyl (C=O) groups excluding carboxylic acids is 2. The smallest absolute Gasteiger partial charge is 0.264 e. The molecule has 0 aliphatic heterocycles. The number of fused-ring (bicyclic) bond motifs is 1. The predicted molar refractivity (Wildman–Crippen MR) is 79.8 cm³/mol. The number of thiophene rings is 1. The second-order valence-electron chi connectivity index (χ2n) is 4.29. The van der Waals surface area contributed by atoms with E-state index in [9.17, 15) is 9.59 Å². The molecule has 0 saturated carbocycles. The highest BCUT2D eigenvalue weighted by atomic mass is 32.1. The van der Waals surface area contributed by atoms with Crippen LogP contribution in [0.2, 0.25) is 0 Å². The Balaban J connectivity index is 2.21. The highest BCUT2D eigenvalue weighted by molar-refractivity contribution is 7.21. The monoisotopic (exact) mass is 292 g/mol. The number of nitrogen functional groups attached to an aromatic ring is 1. The van der Waals surface area contributed by atoms with Crippen molar-refractivity contribution in [2.75, 3.05) is 18.8 Å². The van der Waals surface area contributed by atoms with Gasteiger partial charge in [0.05, 0.1) is 12.2 Å². The number of carbonyl (C=O) groups is 2. The minimum Gasteiger partial charge on any atom is -0.397 e. The third-order valence-electron chi connectivity index (χ3n) is 2.83. The van der Waals surface area contributed by atoms with Crippen LogP contribution in [-0.4, -0.2) is 29.9 Å². The highest BCUT2D eigenvalue weighted by Gasteiger charge is 2.18. The molecule has 2 aromatic rings. The second-order valence-corrected chi connectivity index (χ2v) is 5.29. The normalized spacial score (nSPS) is 10.5. The van der Waals surface area contributed by atoms with Gasteiger partial charge < -0.3 is 16.4 Å². The van der Waals surface area contributed by atoms with E-state index in [2.05, 4.69) is 15.6 Å². The lowest BCUT2D eigenvalue weighted by Crippen LogP contribution is -2.36. The van der Waals surface area contributed by atoms with E-state index in [4.69, 9.17) is 5.73 Å². The number of anilines is 1. The number of hydrogen-bond acceptors (Lipinski definition) is 5. The van der Waals surface area contributed by atoms with Crippen LogP contribution in [0.5, 0.6) is 0 Å². The van der Waals surface area contributed by atoms with Crippen molar-refractivity contribution >= 4 is 39.1 Å². The summed E-state index contributed by atoms with van der Waals surface area (Å²) < 4.78 is 0. The summed E-state index contributed by atoms with van der Waals surface area (Å²) in [5.74, 6) is -0.578. The van der Waals surface area contributed by atoms with Crippen molar-refractivity contribution in [3.05, 3.63) is 22.7 Å². The molecule has 0 radical (unpaired) electrons. The fourth-order valence-corrected chi connectivity index (χ4v) is 2.93. The lowest BCUT2D eigenvalue weighted by molar-refractivity contribution is -0.120. The van der Waals surface area contributed by atoms with Crippen LogP contribution < -0.4 is 16.4 Å². The lowest BCUT2D eigenvalue weighted by Gasteiger charge is -2.04. The molecule has 0 aliphatic carbocycles. The van der Waals surface area contributed by atoms with E-state index in [-0.39, 0.29) is 18.4 Å². The van der Waals surface area contributed by atoms with E-state index in [1.807, 2.05) is 19.9 Å². The molecule has 20 heavy (non-hydrogen) atoms. The number of rotatable bonds is 4. The molecule has 0 bridgehead atoms. The molecule has 2 rings (SSSR count). The van der Waals surface area contributed by atoms with Crippen LogP contribution in [-0.2, 0) is 4.79 Å². The van der Waals surface area contributed by atoms with Crippen LogP contribution in [0.25, 0.3) is 10.2 Å². The number of nitrogens with two attached hydrogens (primary N) is 1. The first kappa shape index (κ1) is 14.3. The number of nitrogens with zero attached hydrogens (tertiary/aromatic N) is 1. The Morgan fingerprint density at radius 1 is 1.40 bits per heavy atom. The van der Waals surface area contributed by atoms with Gasteiger partial charge >= 0.3 is 0 Å². The molecular formula is C13H16N4O2S. The van der Waals surface area contributed by atoms with E-state index in [1.54, 1.807) is 6.20 Å². The molecule has 0 saturated heterocycles. The average molecular weight is 292 g/mol. The molecule has 0 aliphatic rings. The Hall–Kier alpha value is -2.15. The maximum Gasteiger partial charge on any atom is 0.264 e. The van der Waals surface area contributed by atoms with E-state index >= 15 is 0 Å². The summed E-state index contributed by atoms with van der Waals surface area (Å²) in [6, 6.07) is 1.85. The van der Waals surface area contributed by atoms with Gasteiger partial charge in [0.1, 0.15) is 9.71 Å². The molecule has 106 valence electrons. The lowest BCUT2D eigenvalue weighted by atomic mass is 10.2. The van der Waals surface area contributed by atoms with Crippen LogP contribution in [0.1, 0.15) is 22.2 Å². The van der Waals surface area contributed by atoms with Gasteiger partial charge in [0.15, 0.2) is 0 Å². The van der Waals surface area contributed by atoms with Crippen molar-refractivity contribution in [3.8, 4) is 0 Å². The predicted octanol–water partition coefficient (Wildman–Crippen LogP) is 1.05. The first-order valence-electron chi connectivity index (χ1n) is 6.23. The maximum absolute atomic E-state index is 12.1. The first-order chi connectivity index (χ1) is 9.54. The molecule has 2 amide bonds. The Labute approximate surface area is 120 Å². The molecule has 0 aromatic carbocycles. The zero-order valence-electron chi connectivity index (χ0n) is 11.3. The molecule has 6 nitrogen and oxygen atoms in total. The van der Waals surface area contributed by atoms with Crippen molar-refractivity contribution in [1.29, 1.82) is 0 Å². The maximum atomic E-state index is 12.1. The number of aryl methyl sites for hydroxylation is 1. The van der Waals surface area contributed by atoms with Crippen molar-refractivity contribution in [1.82, 2.24) is 15.6 Å². The molecule has 7 heteroatoms. The molecule has 0 unspecified atom stereocenters. The molecule has 2 aromatic heterocycles. The van der Waals surface area contributed by atoms with E-state index in [1.165, 1.54) is 11.3 Å². The molecule has 0 atom stereocenters. The van der Waals surface area contributed by atoms with Crippen molar-refractivity contribution < 1.29 is 9.59 Å². The third-order valence-corrected chi connectivity index (χ3v) is 3.94. The number of hydrogen-bond donors (Lipinski definition) is 3. The second kappa shape index (κ2) is 5.87. The van der Waals surface area contributed by atoms with Gasteiger partial charge in [0.2, 0.25) is 5.91 Å². The Bertz CT molecular complexity index is 666. The van der Waals surface area contributed by atoms with Crippen LogP contribution in [0.15, 0.2) is 12.3 Å². The number of pyridine rings is 1. The third kappa shape index (κ3) is 2.72. The quantitative estimate of drug-likeness (QED) is 0.784. The Kier molecular flexibility index (Phi) is 4.19. The molecule has 0 fully saturated rings. The van der Waals surface area contributed by atoms with Crippen LogP contribution in [0.3, 0.4) is 0 Å². The van der Waals surface area contributed by atoms with Crippen molar-refractivity contribution in [3.63, 3.8) is 0 Å². The summed E-state index contributed by atoms with van der Waals surface area (Å²) >= 11 is 1.23. The SMILES string of the molecule is CCNC(=O)CNC(=O)c1sc2nccc(C)c2c1N. The zero-order chi connectivity index (χ0) is 14.7. The van der Waals surface area contributed by atoms with Crippen LogP contribution in [0.4, 0.5) is 5.69 Å². The van der Waals surface area contributed by atoms with E-state index in [0.717, 1.165) is 15.8 Å².